The molecule has 0 aromatic carbocycles. The molecule has 9 heteroatoms. The van der Waals surface area contributed by atoms with E-state index in [1.807, 2.05) is 13.8 Å². The summed E-state index contributed by atoms with van der Waals surface area (Å²) >= 11 is 1.38. The highest BCUT2D eigenvalue weighted by Crippen LogP contribution is 2.37. The highest BCUT2D eigenvalue weighted by molar-refractivity contribution is 7.09. The van der Waals surface area contributed by atoms with Gasteiger partial charge in [-0.25, -0.2) is 9.37 Å². The van der Waals surface area contributed by atoms with E-state index in [-0.39, 0.29) is 31.0 Å². The minimum atomic E-state index is -1.41. The van der Waals surface area contributed by atoms with Gasteiger partial charge in [0.2, 0.25) is 0 Å². The van der Waals surface area contributed by atoms with Crippen LogP contribution in [0.1, 0.15) is 70.0 Å². The van der Waals surface area contributed by atoms with Gasteiger partial charge in [-0.2, -0.15) is 0 Å². The van der Waals surface area contributed by atoms with Gasteiger partial charge in [0.1, 0.15) is 11.6 Å². The van der Waals surface area contributed by atoms with E-state index >= 15 is 4.39 Å². The van der Waals surface area contributed by atoms with E-state index in [4.69, 9.17) is 15.9 Å². The van der Waals surface area contributed by atoms with Gasteiger partial charge in [0.15, 0.2) is 6.10 Å². The zero-order valence-corrected chi connectivity index (χ0v) is 22.1. The standard InChI is InChI=1S/C27H36FNO6S/c1-6-8-18-25(32)15(2)9-7-10-20-22(34-20)12-21(19(28)11-17-14-36-16(3)29-17)35-24(31)13-23(30)27(4,5)26(18)33/h1,11,14-15,18,20-23,25,30,32H,7-10,12-13H2,2-5H3/b19-11-/t15-,18-,20+,21+,22-,23-,25+/m1/s1. The van der Waals surface area contributed by atoms with Gasteiger partial charge in [-0.15, -0.1) is 23.7 Å². The molecule has 0 amide bonds. The van der Waals surface area contributed by atoms with E-state index in [0.717, 1.165) is 11.4 Å². The summed E-state index contributed by atoms with van der Waals surface area (Å²) < 4.78 is 26.4. The smallest absolute Gasteiger partial charge is 0.309 e. The van der Waals surface area contributed by atoms with Crippen molar-refractivity contribution in [3.63, 3.8) is 0 Å². The van der Waals surface area contributed by atoms with Crippen LogP contribution in [0, 0.1) is 36.5 Å². The first-order chi connectivity index (χ1) is 16.9. The van der Waals surface area contributed by atoms with Crippen molar-refractivity contribution in [3.05, 3.63) is 21.9 Å². The van der Waals surface area contributed by atoms with Gasteiger partial charge in [-0.05, 0) is 31.8 Å². The molecule has 7 nitrogen and oxygen atoms in total. The number of Topliss-reactive ketones (excluding diaryl/α,β-unsaturated/α-hetero) is 1. The number of aliphatic hydroxyl groups is 2. The fourth-order valence-corrected chi connectivity index (χ4v) is 5.28. The first-order valence-electron chi connectivity index (χ1n) is 12.4. The number of cyclic esters (lactones) is 1. The molecular formula is C27H36FNO6S. The number of rotatable bonds is 3. The summed E-state index contributed by atoms with van der Waals surface area (Å²) in [6.45, 7) is 6.71. The number of terminal acetylenes is 1. The summed E-state index contributed by atoms with van der Waals surface area (Å²) in [5.41, 5.74) is -0.948. The lowest BCUT2D eigenvalue weighted by Gasteiger charge is -2.35. The van der Waals surface area contributed by atoms with Crippen molar-refractivity contribution in [3.8, 4) is 12.3 Å². The molecule has 1 aromatic heterocycles. The SMILES string of the molecule is C#CC[C@H]1C(=O)C(C)(C)[C@H](O)CC(=O)O[C@H](/C(F)=C/c2csc(C)n2)C[C@H]2O[C@H]2CCC[C@@H](C)[C@@H]1O. The maximum atomic E-state index is 15.2. The molecule has 0 saturated carbocycles. The lowest BCUT2D eigenvalue weighted by molar-refractivity contribution is -0.155. The second-order valence-electron chi connectivity index (χ2n) is 10.5. The van der Waals surface area contributed by atoms with Crippen molar-refractivity contribution < 1.29 is 33.7 Å². The summed E-state index contributed by atoms with van der Waals surface area (Å²) in [5, 5.41) is 24.3. The third-order valence-electron chi connectivity index (χ3n) is 7.28. The Morgan fingerprint density at radius 3 is 2.69 bits per heavy atom. The number of thiazole rings is 1. The molecular weight excluding hydrogens is 485 g/mol. The van der Waals surface area contributed by atoms with Gasteiger partial charge in [-0.1, -0.05) is 27.2 Å². The van der Waals surface area contributed by atoms with Gasteiger partial charge < -0.3 is 19.7 Å². The van der Waals surface area contributed by atoms with Crippen molar-refractivity contribution in [1.29, 1.82) is 0 Å². The third kappa shape index (κ3) is 7.00. The Bertz CT molecular complexity index is 1010. The van der Waals surface area contributed by atoms with Crippen LogP contribution in [-0.4, -0.2) is 57.5 Å². The fraction of sp³-hybridized carbons (Fsp3) is 0.667. The number of hydrogen-bond acceptors (Lipinski definition) is 8. The Balaban J connectivity index is 1.85. The van der Waals surface area contributed by atoms with Crippen molar-refractivity contribution in [2.45, 2.75) is 96.7 Å². The van der Waals surface area contributed by atoms with E-state index in [1.54, 1.807) is 5.38 Å². The van der Waals surface area contributed by atoms with Crippen LogP contribution in [0.25, 0.3) is 6.08 Å². The molecule has 2 N–H and O–H groups in total. The number of epoxide rings is 1. The number of esters is 1. The molecule has 2 aliphatic heterocycles. The summed E-state index contributed by atoms with van der Waals surface area (Å²) in [7, 11) is 0. The molecule has 0 aliphatic carbocycles. The van der Waals surface area contributed by atoms with Crippen molar-refractivity contribution in [1.82, 2.24) is 4.98 Å². The number of ketones is 1. The van der Waals surface area contributed by atoms with E-state index in [9.17, 15) is 19.8 Å². The maximum Gasteiger partial charge on any atom is 0.309 e. The lowest BCUT2D eigenvalue weighted by Crippen LogP contribution is -2.46. The summed E-state index contributed by atoms with van der Waals surface area (Å²) in [4.78, 5) is 30.4. The quantitative estimate of drug-likeness (QED) is 0.352. The first kappa shape index (κ1) is 28.5. The highest BCUT2D eigenvalue weighted by atomic mass is 32.1. The van der Waals surface area contributed by atoms with Gasteiger partial charge in [-0.3, -0.25) is 9.59 Å². The van der Waals surface area contributed by atoms with Crippen molar-refractivity contribution >= 4 is 29.2 Å². The third-order valence-corrected chi connectivity index (χ3v) is 8.08. The molecule has 7 atom stereocenters. The number of fused-ring (bicyclic) bond motifs is 1. The summed E-state index contributed by atoms with van der Waals surface area (Å²) in [6.07, 6.45) is 4.55. The van der Waals surface area contributed by atoms with Gasteiger partial charge in [0.25, 0.3) is 0 Å². The zero-order valence-electron chi connectivity index (χ0n) is 21.3. The minimum Gasteiger partial charge on any atom is -0.455 e. The van der Waals surface area contributed by atoms with Crippen LogP contribution >= 0.6 is 11.3 Å². The number of ether oxygens (including phenoxy) is 2. The second-order valence-corrected chi connectivity index (χ2v) is 11.5. The summed E-state index contributed by atoms with van der Waals surface area (Å²) in [5.74, 6) is -0.526. The Morgan fingerprint density at radius 2 is 2.06 bits per heavy atom. The predicted octanol–water partition coefficient (Wildman–Crippen LogP) is 4.00. The monoisotopic (exact) mass is 521 g/mol. The largest absolute Gasteiger partial charge is 0.455 e. The number of aliphatic hydroxyl groups excluding tert-OH is 2. The molecule has 0 bridgehead atoms. The average molecular weight is 522 g/mol. The molecule has 2 fully saturated rings. The normalized spacial score (nSPS) is 34.4. The topological polar surface area (TPSA) is 109 Å². The van der Waals surface area contributed by atoms with E-state index in [2.05, 4.69) is 10.9 Å². The Kier molecular flexibility index (Phi) is 9.44. The Hall–Kier alpha value is -2.12. The molecule has 36 heavy (non-hydrogen) atoms. The number of nitrogens with zero attached hydrogens (tertiary/aromatic N) is 1. The number of aryl methyl sites for hydroxylation is 1. The molecule has 1 aromatic rings. The second kappa shape index (κ2) is 12.0. The zero-order chi connectivity index (χ0) is 26.6. The Morgan fingerprint density at radius 1 is 1.33 bits per heavy atom. The highest BCUT2D eigenvalue weighted by Gasteiger charge is 2.45. The number of carbonyl (C=O) groups is 2. The molecule has 2 saturated heterocycles. The fourth-order valence-electron chi connectivity index (χ4n) is 4.71. The maximum absolute atomic E-state index is 15.2. The van der Waals surface area contributed by atoms with E-state index < -0.39 is 53.6 Å². The predicted molar refractivity (Wildman–Crippen MR) is 134 cm³/mol. The van der Waals surface area contributed by atoms with Crippen LogP contribution in [0.3, 0.4) is 0 Å². The van der Waals surface area contributed by atoms with Crippen LogP contribution in [0.2, 0.25) is 0 Å². The van der Waals surface area contributed by atoms with Crippen LogP contribution in [0.4, 0.5) is 4.39 Å². The van der Waals surface area contributed by atoms with E-state index in [0.29, 0.717) is 18.5 Å². The average Bonchev–Trinajstić information content (AvgIpc) is 3.42. The number of aromatic nitrogens is 1. The van der Waals surface area contributed by atoms with Gasteiger partial charge >= 0.3 is 5.97 Å². The van der Waals surface area contributed by atoms with Crippen LogP contribution in [-0.2, 0) is 19.1 Å². The van der Waals surface area contributed by atoms with Crippen LogP contribution in [0.15, 0.2) is 11.2 Å². The Labute approximate surface area is 216 Å². The van der Waals surface area contributed by atoms with Crippen LogP contribution < -0.4 is 0 Å². The van der Waals surface area contributed by atoms with Crippen molar-refractivity contribution in [2.75, 3.05) is 0 Å². The first-order valence-corrected chi connectivity index (χ1v) is 13.3. The number of halogens is 1. The van der Waals surface area contributed by atoms with Gasteiger partial charge in [0, 0.05) is 18.2 Å². The molecule has 3 rings (SSSR count). The minimum absolute atomic E-state index is 0.0208. The van der Waals surface area contributed by atoms with Crippen LogP contribution in [0.5, 0.6) is 0 Å². The van der Waals surface area contributed by atoms with E-state index in [1.165, 1.54) is 31.3 Å². The molecule has 0 spiro atoms. The summed E-state index contributed by atoms with van der Waals surface area (Å²) in [6, 6.07) is 0. The molecule has 2 aliphatic rings. The van der Waals surface area contributed by atoms with Crippen molar-refractivity contribution in [2.24, 2.45) is 17.3 Å². The lowest BCUT2D eigenvalue weighted by atomic mass is 9.71. The molecule has 3 heterocycles. The number of carbonyl (C=O) groups excluding carboxylic acids is 2. The number of hydrogen-bond donors (Lipinski definition) is 2. The molecule has 198 valence electrons. The molecule has 0 radical (unpaired) electrons. The molecule has 0 unspecified atom stereocenters. The van der Waals surface area contributed by atoms with Gasteiger partial charge in [0.05, 0.1) is 52.9 Å².